The normalized spacial score (nSPS) is 17.9. The average Bonchev–Trinajstić information content (AvgIpc) is 2.98. The number of aromatic carboxylic acids is 1. The fourth-order valence-electron chi connectivity index (χ4n) is 2.40. The summed E-state index contributed by atoms with van der Waals surface area (Å²) < 4.78 is 5.27. The van der Waals surface area contributed by atoms with Crippen LogP contribution in [0.5, 0.6) is 0 Å². The molecule has 20 heavy (non-hydrogen) atoms. The molecule has 1 heterocycles. The summed E-state index contributed by atoms with van der Waals surface area (Å²) in [4.78, 5) is 24.9. The zero-order chi connectivity index (χ0) is 14.5. The predicted molar refractivity (Wildman–Crippen MR) is 73.7 cm³/mol. The zero-order valence-electron chi connectivity index (χ0n) is 11.5. The van der Waals surface area contributed by atoms with Gasteiger partial charge in [0, 0.05) is 20.1 Å². The molecule has 1 saturated heterocycles. The average molecular weight is 277 g/mol. The first-order valence-corrected chi connectivity index (χ1v) is 6.74. The number of hydrogen-bond acceptors (Lipinski definition) is 3. The molecule has 1 atom stereocenters. The van der Waals surface area contributed by atoms with E-state index >= 15 is 0 Å². The topological polar surface area (TPSA) is 66.8 Å². The third-order valence-corrected chi connectivity index (χ3v) is 3.70. The van der Waals surface area contributed by atoms with E-state index in [0.717, 1.165) is 6.42 Å². The number of rotatable bonds is 5. The lowest BCUT2D eigenvalue weighted by Gasteiger charge is -2.23. The summed E-state index contributed by atoms with van der Waals surface area (Å²) >= 11 is 0. The highest BCUT2D eigenvalue weighted by Crippen LogP contribution is 2.15. The maximum atomic E-state index is 12.1. The molecule has 1 aliphatic heterocycles. The lowest BCUT2D eigenvalue weighted by molar-refractivity contribution is -0.131. The van der Waals surface area contributed by atoms with Crippen LogP contribution in [-0.4, -0.2) is 48.2 Å². The van der Waals surface area contributed by atoms with E-state index in [0.29, 0.717) is 31.6 Å². The van der Waals surface area contributed by atoms with Gasteiger partial charge < -0.3 is 14.7 Å². The molecule has 1 aliphatic rings. The van der Waals surface area contributed by atoms with E-state index in [9.17, 15) is 9.59 Å². The molecule has 5 heteroatoms. The van der Waals surface area contributed by atoms with Crippen LogP contribution in [0.25, 0.3) is 0 Å². The molecule has 0 spiro atoms. The summed E-state index contributed by atoms with van der Waals surface area (Å²) in [6.07, 6.45) is 1.63. The number of ether oxygens (including phenoxy) is 1. The summed E-state index contributed by atoms with van der Waals surface area (Å²) in [5, 5.41) is 9.10. The Bertz CT molecular complexity index is 494. The standard InChI is InChI=1S/C15H19NO4/c1-16(12-8-9-20-10-12)14(17)7-6-11-4-2-3-5-13(11)15(18)19/h2-5,12H,6-10H2,1H3,(H,18,19). The molecular formula is C15H19NO4. The highest BCUT2D eigenvalue weighted by atomic mass is 16.5. The Kier molecular flexibility index (Phi) is 4.74. The van der Waals surface area contributed by atoms with Crippen LogP contribution in [-0.2, 0) is 16.0 Å². The van der Waals surface area contributed by atoms with Crippen molar-refractivity contribution in [2.75, 3.05) is 20.3 Å². The van der Waals surface area contributed by atoms with E-state index in [1.54, 1.807) is 36.2 Å². The molecule has 1 fully saturated rings. The van der Waals surface area contributed by atoms with E-state index in [1.165, 1.54) is 0 Å². The molecule has 1 aromatic rings. The van der Waals surface area contributed by atoms with Gasteiger partial charge in [0.15, 0.2) is 0 Å². The fourth-order valence-corrected chi connectivity index (χ4v) is 2.40. The molecule has 2 rings (SSSR count). The van der Waals surface area contributed by atoms with Gasteiger partial charge in [-0.3, -0.25) is 4.79 Å². The second-order valence-corrected chi connectivity index (χ2v) is 4.98. The van der Waals surface area contributed by atoms with Crippen molar-refractivity contribution in [3.63, 3.8) is 0 Å². The number of hydrogen-bond donors (Lipinski definition) is 1. The molecule has 0 aliphatic carbocycles. The van der Waals surface area contributed by atoms with Crippen LogP contribution in [0.3, 0.4) is 0 Å². The number of carboxylic acid groups (broad SMARTS) is 1. The van der Waals surface area contributed by atoms with Gasteiger partial charge in [-0.2, -0.15) is 0 Å². The molecule has 5 nitrogen and oxygen atoms in total. The van der Waals surface area contributed by atoms with Crippen molar-refractivity contribution in [3.05, 3.63) is 35.4 Å². The molecule has 1 N–H and O–H groups in total. The van der Waals surface area contributed by atoms with Crippen LogP contribution in [0.1, 0.15) is 28.8 Å². The van der Waals surface area contributed by atoms with Crippen LogP contribution in [0.15, 0.2) is 24.3 Å². The van der Waals surface area contributed by atoms with Gasteiger partial charge in [-0.1, -0.05) is 18.2 Å². The zero-order valence-corrected chi connectivity index (χ0v) is 11.5. The van der Waals surface area contributed by atoms with E-state index in [4.69, 9.17) is 9.84 Å². The van der Waals surface area contributed by atoms with Crippen LogP contribution >= 0.6 is 0 Å². The Balaban J connectivity index is 1.94. The monoisotopic (exact) mass is 277 g/mol. The van der Waals surface area contributed by atoms with Crippen LogP contribution in [0.2, 0.25) is 0 Å². The SMILES string of the molecule is CN(C(=O)CCc1ccccc1C(=O)O)C1CCOC1. The number of amides is 1. The van der Waals surface area contributed by atoms with Gasteiger partial charge in [0.25, 0.3) is 0 Å². The van der Waals surface area contributed by atoms with Crippen molar-refractivity contribution in [2.24, 2.45) is 0 Å². The number of carbonyl (C=O) groups is 2. The highest BCUT2D eigenvalue weighted by Gasteiger charge is 2.24. The molecule has 1 aromatic carbocycles. The summed E-state index contributed by atoms with van der Waals surface area (Å²) in [7, 11) is 1.78. The van der Waals surface area contributed by atoms with Crippen LogP contribution in [0, 0.1) is 0 Å². The number of carbonyl (C=O) groups excluding carboxylic acids is 1. The van der Waals surface area contributed by atoms with E-state index in [2.05, 4.69) is 0 Å². The molecule has 1 amide bonds. The van der Waals surface area contributed by atoms with Gasteiger partial charge >= 0.3 is 5.97 Å². The van der Waals surface area contributed by atoms with E-state index < -0.39 is 5.97 Å². The van der Waals surface area contributed by atoms with Gasteiger partial charge in [-0.25, -0.2) is 4.79 Å². The first-order valence-electron chi connectivity index (χ1n) is 6.74. The lowest BCUT2D eigenvalue weighted by Crippen LogP contribution is -2.37. The first kappa shape index (κ1) is 14.5. The van der Waals surface area contributed by atoms with Gasteiger partial charge in [0.1, 0.15) is 0 Å². The molecule has 0 radical (unpaired) electrons. The Morgan fingerprint density at radius 3 is 2.80 bits per heavy atom. The van der Waals surface area contributed by atoms with Gasteiger partial charge in [-0.05, 0) is 24.5 Å². The number of likely N-dealkylation sites (N-methyl/N-ethyl adjacent to an activating group) is 1. The first-order chi connectivity index (χ1) is 9.59. The van der Waals surface area contributed by atoms with Crippen LogP contribution in [0.4, 0.5) is 0 Å². The van der Waals surface area contributed by atoms with Gasteiger partial charge in [0.2, 0.25) is 5.91 Å². The van der Waals surface area contributed by atoms with Crippen molar-refractivity contribution >= 4 is 11.9 Å². The predicted octanol–water partition coefficient (Wildman–Crippen LogP) is 1.56. The van der Waals surface area contributed by atoms with E-state index in [-0.39, 0.29) is 17.5 Å². The maximum Gasteiger partial charge on any atom is 0.335 e. The summed E-state index contributed by atoms with van der Waals surface area (Å²) in [5.74, 6) is -0.925. The number of aryl methyl sites for hydroxylation is 1. The van der Waals surface area contributed by atoms with Crippen molar-refractivity contribution in [1.29, 1.82) is 0 Å². The number of carboxylic acids is 1. The Hall–Kier alpha value is -1.88. The minimum absolute atomic E-state index is 0.0284. The van der Waals surface area contributed by atoms with Crippen molar-refractivity contribution in [1.82, 2.24) is 4.90 Å². The molecule has 0 bridgehead atoms. The Morgan fingerprint density at radius 2 is 2.15 bits per heavy atom. The second-order valence-electron chi connectivity index (χ2n) is 4.98. The van der Waals surface area contributed by atoms with E-state index in [1.807, 2.05) is 0 Å². The Labute approximate surface area is 118 Å². The third kappa shape index (κ3) is 3.36. The van der Waals surface area contributed by atoms with Crippen molar-refractivity contribution in [3.8, 4) is 0 Å². The molecule has 0 saturated carbocycles. The van der Waals surface area contributed by atoms with Crippen molar-refractivity contribution < 1.29 is 19.4 Å². The largest absolute Gasteiger partial charge is 0.478 e. The van der Waals surface area contributed by atoms with Gasteiger partial charge in [0.05, 0.1) is 18.2 Å². The van der Waals surface area contributed by atoms with Gasteiger partial charge in [-0.15, -0.1) is 0 Å². The number of nitrogens with zero attached hydrogens (tertiary/aromatic N) is 1. The quantitative estimate of drug-likeness (QED) is 0.887. The molecule has 1 unspecified atom stereocenters. The minimum atomic E-state index is -0.953. The smallest absolute Gasteiger partial charge is 0.335 e. The van der Waals surface area contributed by atoms with Crippen molar-refractivity contribution in [2.45, 2.75) is 25.3 Å². The highest BCUT2D eigenvalue weighted by molar-refractivity contribution is 5.89. The molecule has 0 aromatic heterocycles. The Morgan fingerprint density at radius 1 is 1.40 bits per heavy atom. The lowest BCUT2D eigenvalue weighted by atomic mass is 10.0. The third-order valence-electron chi connectivity index (χ3n) is 3.70. The number of benzene rings is 1. The maximum absolute atomic E-state index is 12.1. The summed E-state index contributed by atoms with van der Waals surface area (Å²) in [6.45, 7) is 1.29. The fraction of sp³-hybridized carbons (Fsp3) is 0.467. The second kappa shape index (κ2) is 6.52. The molecule has 108 valence electrons. The molecular weight excluding hydrogens is 258 g/mol. The minimum Gasteiger partial charge on any atom is -0.478 e. The van der Waals surface area contributed by atoms with Crippen LogP contribution < -0.4 is 0 Å². The summed E-state index contributed by atoms with van der Waals surface area (Å²) in [6, 6.07) is 6.96. The summed E-state index contributed by atoms with van der Waals surface area (Å²) in [5.41, 5.74) is 0.969.